The van der Waals surface area contributed by atoms with Gasteiger partial charge in [0.05, 0.1) is 26.2 Å². The molecule has 0 radical (unpaired) electrons. The van der Waals surface area contributed by atoms with Crippen LogP contribution in [0.1, 0.15) is 98.1 Å². The average Bonchev–Trinajstić information content (AvgIpc) is 3.39. The quantitative estimate of drug-likeness (QED) is 0.333. The molecule has 4 bridgehead atoms. The van der Waals surface area contributed by atoms with E-state index in [0.29, 0.717) is 30.4 Å². The maximum absolute atomic E-state index is 13.7. The van der Waals surface area contributed by atoms with Crippen LogP contribution in [-0.2, 0) is 34.6 Å². The lowest BCUT2D eigenvalue weighted by Gasteiger charge is -2.49. The van der Waals surface area contributed by atoms with Crippen molar-refractivity contribution in [3.05, 3.63) is 45.2 Å². The Kier molecular flexibility index (Phi) is 7.12. The fourth-order valence-corrected chi connectivity index (χ4v) is 12.6. The van der Waals surface area contributed by atoms with Gasteiger partial charge in [0.1, 0.15) is 11.6 Å². The summed E-state index contributed by atoms with van der Waals surface area (Å²) in [6, 6.07) is 6.21. The second-order valence-corrected chi connectivity index (χ2v) is 18.2. The lowest BCUT2D eigenvalue weighted by Crippen LogP contribution is -2.45. The molecule has 4 atom stereocenters. The van der Waals surface area contributed by atoms with Gasteiger partial charge in [0.2, 0.25) is 0 Å². The Labute approximate surface area is 261 Å². The topological polar surface area (TPSA) is 152 Å². The van der Waals surface area contributed by atoms with E-state index in [9.17, 15) is 35.5 Å². The van der Waals surface area contributed by atoms with Gasteiger partial charge in [-0.05, 0) is 65.2 Å². The van der Waals surface area contributed by atoms with Crippen LogP contribution >= 0.6 is 0 Å². The highest BCUT2D eigenvalue weighted by Gasteiger charge is 2.77. The minimum Gasteiger partial charge on any atom is -0.377 e. The van der Waals surface area contributed by atoms with Gasteiger partial charge < -0.3 is 4.74 Å². The Morgan fingerprint density at radius 2 is 1.14 bits per heavy atom. The van der Waals surface area contributed by atoms with Crippen molar-refractivity contribution in [3.63, 3.8) is 0 Å². The number of benzene rings is 1. The Hall–Kier alpha value is -2.18. The van der Waals surface area contributed by atoms with Gasteiger partial charge in [-0.3, -0.25) is 18.7 Å². The molecule has 0 aromatic heterocycles. The van der Waals surface area contributed by atoms with E-state index >= 15 is 0 Å². The van der Waals surface area contributed by atoms with Crippen LogP contribution in [0.15, 0.2) is 34.1 Å². The zero-order chi connectivity index (χ0) is 33.2. The number of Topliss-reactive ketones (excluding diaryl/α,β-unsaturated/α-hetero) is 2. The molecule has 4 unspecified atom stereocenters. The van der Waals surface area contributed by atoms with Crippen LogP contribution in [0.5, 0.6) is 0 Å². The van der Waals surface area contributed by atoms with E-state index in [-0.39, 0.29) is 46.1 Å². The van der Waals surface area contributed by atoms with Crippen LogP contribution in [0.25, 0.3) is 12.2 Å². The van der Waals surface area contributed by atoms with Crippen LogP contribution in [0.3, 0.4) is 0 Å². The summed E-state index contributed by atoms with van der Waals surface area (Å²) in [5, 5.41) is 0. The summed E-state index contributed by atoms with van der Waals surface area (Å²) in [5.74, 6) is -0.500. The van der Waals surface area contributed by atoms with Gasteiger partial charge in [-0.2, -0.15) is 16.8 Å². The first-order chi connectivity index (χ1) is 19.9. The summed E-state index contributed by atoms with van der Waals surface area (Å²) in [4.78, 5) is 26.4. The molecule has 2 N–H and O–H groups in total. The van der Waals surface area contributed by atoms with Crippen molar-refractivity contribution in [2.45, 2.75) is 92.6 Å². The largest absolute Gasteiger partial charge is 0.377 e. The molecule has 1 aromatic rings. The van der Waals surface area contributed by atoms with Gasteiger partial charge >= 0.3 is 0 Å². The summed E-state index contributed by atoms with van der Waals surface area (Å²) in [6.07, 6.45) is 4.50. The van der Waals surface area contributed by atoms with Gasteiger partial charge in [-0.15, -0.1) is 0 Å². The SMILES string of the molecule is COC12CCC(C(=Cc3ccc(C=C(C45CCC(C(C)(C)C)(CC4=O)C5(C)C)S(=O)(=O)O)cc3)S(=O)(=O)O)(C(=O)C1)C2(C)C. The molecular weight excluding hydrogens is 604 g/mol. The molecule has 0 spiro atoms. The summed E-state index contributed by atoms with van der Waals surface area (Å²) >= 11 is 0. The van der Waals surface area contributed by atoms with Crippen molar-refractivity contribution < 1.29 is 40.3 Å². The normalized spacial score (nSPS) is 35.1. The Morgan fingerprint density at radius 3 is 1.45 bits per heavy atom. The lowest BCUT2D eigenvalue weighted by atomic mass is 9.54. The highest BCUT2D eigenvalue weighted by atomic mass is 32.2. The Balaban J connectivity index is 1.60. The van der Waals surface area contributed by atoms with Crippen molar-refractivity contribution in [2.24, 2.45) is 32.5 Å². The molecule has 9 nitrogen and oxygen atoms in total. The van der Waals surface area contributed by atoms with Crippen molar-refractivity contribution in [2.75, 3.05) is 7.11 Å². The van der Waals surface area contributed by atoms with Gasteiger partial charge in [0, 0.05) is 25.4 Å². The number of carbonyl (C=O) groups excluding carboxylic acids is 2. The summed E-state index contributed by atoms with van der Waals surface area (Å²) in [7, 11) is -8.10. The maximum Gasteiger partial charge on any atom is 0.291 e. The Bertz CT molecular complexity index is 1730. The molecule has 0 amide bonds. The van der Waals surface area contributed by atoms with E-state index in [2.05, 4.69) is 20.8 Å². The fraction of sp³-hybridized carbons (Fsp3) is 0.636. The second-order valence-electron chi connectivity index (χ2n) is 15.4. The molecule has 0 saturated heterocycles. The van der Waals surface area contributed by atoms with Gasteiger partial charge in [0.25, 0.3) is 20.2 Å². The number of carbonyl (C=O) groups is 2. The van der Waals surface area contributed by atoms with E-state index in [1.54, 1.807) is 38.1 Å². The number of hydrogen-bond acceptors (Lipinski definition) is 7. The number of ether oxygens (including phenoxy) is 1. The molecule has 1 aromatic carbocycles. The number of rotatable bonds is 7. The molecule has 4 aliphatic rings. The second kappa shape index (κ2) is 9.44. The number of ketones is 2. The fourth-order valence-electron chi connectivity index (χ4n) is 10.2. The molecule has 5 rings (SSSR count). The smallest absolute Gasteiger partial charge is 0.291 e. The number of methoxy groups -OCH3 is 1. The predicted octanol–water partition coefficient (Wildman–Crippen LogP) is 6.12. The standard InChI is InChI=1S/C33H44O9S2/c1-27(2,3)30-13-15-32(23(34)19-30,28(30,4)5)25(43(36,37)38)17-21-9-11-22(12-10-21)18-26(44(39,40)41)33-16-14-31(42-8,20-24(33)35)29(33,6)7/h9-12,17-18H,13-16,19-20H2,1-8H3,(H,36,37,38)(H,39,40,41). The van der Waals surface area contributed by atoms with Crippen molar-refractivity contribution in [1.82, 2.24) is 0 Å². The third-order valence-electron chi connectivity index (χ3n) is 12.9. The summed E-state index contributed by atoms with van der Waals surface area (Å²) < 4.78 is 78.3. The number of hydrogen-bond donors (Lipinski definition) is 2. The zero-order valence-electron chi connectivity index (χ0n) is 26.8. The molecule has 242 valence electrons. The molecule has 4 saturated carbocycles. The van der Waals surface area contributed by atoms with Crippen LogP contribution < -0.4 is 0 Å². The third kappa shape index (κ3) is 3.91. The highest BCUT2D eigenvalue weighted by molar-refractivity contribution is 7.90. The first-order valence-electron chi connectivity index (χ1n) is 15.0. The minimum absolute atomic E-state index is 0.0405. The number of allylic oxidation sites excluding steroid dienone is 2. The van der Waals surface area contributed by atoms with Crippen LogP contribution in [0.2, 0.25) is 0 Å². The Morgan fingerprint density at radius 1 is 0.727 bits per heavy atom. The first-order valence-corrected chi connectivity index (χ1v) is 17.9. The van der Waals surface area contributed by atoms with E-state index in [1.807, 2.05) is 13.8 Å². The summed E-state index contributed by atoms with van der Waals surface area (Å²) in [5.41, 5.74) is -5.37. The molecule has 0 aliphatic heterocycles. The van der Waals surface area contributed by atoms with Crippen molar-refractivity contribution >= 4 is 44.0 Å². The molecule has 4 aliphatic carbocycles. The highest BCUT2D eigenvalue weighted by Crippen LogP contribution is 2.78. The third-order valence-corrected chi connectivity index (χ3v) is 15.0. The molecule has 0 heterocycles. The van der Waals surface area contributed by atoms with Crippen LogP contribution in [0.4, 0.5) is 0 Å². The van der Waals surface area contributed by atoms with Gasteiger partial charge in [0.15, 0.2) is 0 Å². The summed E-state index contributed by atoms with van der Waals surface area (Å²) in [6.45, 7) is 13.6. The van der Waals surface area contributed by atoms with E-state index in [1.165, 1.54) is 19.3 Å². The molecule has 44 heavy (non-hydrogen) atoms. The maximum atomic E-state index is 13.7. The zero-order valence-corrected chi connectivity index (χ0v) is 28.4. The van der Waals surface area contributed by atoms with Gasteiger partial charge in [-0.1, -0.05) is 72.7 Å². The minimum atomic E-state index is -4.81. The monoisotopic (exact) mass is 648 g/mol. The average molecular weight is 649 g/mol. The lowest BCUT2D eigenvalue weighted by molar-refractivity contribution is -0.127. The first kappa shape index (κ1) is 33.2. The van der Waals surface area contributed by atoms with Crippen molar-refractivity contribution in [1.29, 1.82) is 0 Å². The van der Waals surface area contributed by atoms with E-state index in [0.717, 1.165) is 0 Å². The molecule has 4 fully saturated rings. The van der Waals surface area contributed by atoms with Crippen molar-refractivity contribution in [3.8, 4) is 0 Å². The molecular formula is C33H44O9S2. The predicted molar refractivity (Wildman–Crippen MR) is 167 cm³/mol. The number of fused-ring (bicyclic) bond motifs is 4. The van der Waals surface area contributed by atoms with Crippen LogP contribution in [-0.4, -0.2) is 50.2 Å². The molecule has 11 heteroatoms. The van der Waals surface area contributed by atoms with E-state index < -0.39 is 52.9 Å². The van der Waals surface area contributed by atoms with E-state index in [4.69, 9.17) is 4.74 Å². The van der Waals surface area contributed by atoms with Gasteiger partial charge in [-0.25, -0.2) is 0 Å². The van der Waals surface area contributed by atoms with Crippen LogP contribution in [0, 0.1) is 32.5 Å².